The fourth-order valence-corrected chi connectivity index (χ4v) is 2.84. The molecule has 0 spiro atoms. The van der Waals surface area contributed by atoms with Gasteiger partial charge in [-0.1, -0.05) is 36.2 Å². The minimum atomic E-state index is 0. The SMILES string of the molecule is CC1CN(C(C)c2ccc(Cl)c(Cl)c2)CCC1N.Cl. The van der Waals surface area contributed by atoms with Crippen molar-refractivity contribution in [3.63, 3.8) is 0 Å². The number of nitrogens with two attached hydrogens (primary N) is 1. The number of likely N-dealkylation sites (tertiary alicyclic amines) is 1. The molecule has 1 heterocycles. The number of nitrogens with zero attached hydrogens (tertiary/aromatic N) is 1. The zero-order valence-corrected chi connectivity index (χ0v) is 13.6. The van der Waals surface area contributed by atoms with Crippen molar-refractivity contribution in [3.8, 4) is 0 Å². The van der Waals surface area contributed by atoms with Crippen LogP contribution in [0, 0.1) is 5.92 Å². The third kappa shape index (κ3) is 3.99. The van der Waals surface area contributed by atoms with E-state index in [-0.39, 0.29) is 12.4 Å². The molecule has 1 aliphatic heterocycles. The second-order valence-corrected chi connectivity index (χ2v) is 6.09. The highest BCUT2D eigenvalue weighted by Crippen LogP contribution is 2.30. The van der Waals surface area contributed by atoms with E-state index in [0.29, 0.717) is 28.0 Å². The number of benzene rings is 1. The summed E-state index contributed by atoms with van der Waals surface area (Å²) in [7, 11) is 0. The standard InChI is InChI=1S/C14H20Cl2N2.ClH/c1-9-8-18(6-5-14(9)17)10(2)11-3-4-12(15)13(16)7-11;/h3-4,7,9-10,14H,5-6,8,17H2,1-2H3;1H. The third-order valence-corrected chi connectivity index (χ3v) is 4.72. The van der Waals surface area contributed by atoms with E-state index in [0.717, 1.165) is 19.5 Å². The first-order valence-electron chi connectivity index (χ1n) is 6.43. The molecule has 1 aromatic rings. The lowest BCUT2D eigenvalue weighted by molar-refractivity contribution is 0.124. The Bertz CT molecular complexity index is 425. The van der Waals surface area contributed by atoms with Gasteiger partial charge >= 0.3 is 0 Å². The normalized spacial score (nSPS) is 25.7. The molecule has 5 heteroatoms. The Hall–Kier alpha value is 0.01000. The van der Waals surface area contributed by atoms with E-state index in [9.17, 15) is 0 Å². The van der Waals surface area contributed by atoms with E-state index in [4.69, 9.17) is 28.9 Å². The van der Waals surface area contributed by atoms with Crippen molar-refractivity contribution in [1.29, 1.82) is 0 Å². The summed E-state index contributed by atoms with van der Waals surface area (Å²) >= 11 is 12.0. The van der Waals surface area contributed by atoms with Crippen LogP contribution in [-0.4, -0.2) is 24.0 Å². The van der Waals surface area contributed by atoms with Crippen molar-refractivity contribution in [2.75, 3.05) is 13.1 Å². The highest BCUT2D eigenvalue weighted by atomic mass is 35.5. The first-order valence-corrected chi connectivity index (χ1v) is 7.19. The van der Waals surface area contributed by atoms with Crippen LogP contribution in [0.25, 0.3) is 0 Å². The zero-order chi connectivity index (χ0) is 13.3. The van der Waals surface area contributed by atoms with Gasteiger partial charge in [0.2, 0.25) is 0 Å². The molecule has 1 saturated heterocycles. The second kappa shape index (κ2) is 7.14. The van der Waals surface area contributed by atoms with E-state index in [1.165, 1.54) is 5.56 Å². The van der Waals surface area contributed by atoms with Gasteiger partial charge in [0.25, 0.3) is 0 Å². The van der Waals surface area contributed by atoms with Crippen molar-refractivity contribution < 1.29 is 0 Å². The molecule has 108 valence electrons. The number of halogens is 3. The maximum absolute atomic E-state index is 6.08. The molecule has 0 amide bonds. The Morgan fingerprint density at radius 3 is 2.58 bits per heavy atom. The van der Waals surface area contributed by atoms with Gasteiger partial charge in [0, 0.05) is 25.2 Å². The molecule has 3 atom stereocenters. The topological polar surface area (TPSA) is 29.3 Å². The fourth-order valence-electron chi connectivity index (χ4n) is 2.53. The third-order valence-electron chi connectivity index (χ3n) is 3.98. The minimum Gasteiger partial charge on any atom is -0.327 e. The van der Waals surface area contributed by atoms with Crippen LogP contribution in [0.5, 0.6) is 0 Å². The predicted molar refractivity (Wildman–Crippen MR) is 85.5 cm³/mol. The van der Waals surface area contributed by atoms with Gasteiger partial charge in [-0.15, -0.1) is 12.4 Å². The van der Waals surface area contributed by atoms with Gasteiger partial charge < -0.3 is 5.73 Å². The molecular weight excluding hydrogens is 303 g/mol. The Balaban J connectivity index is 0.00000180. The molecule has 0 saturated carbocycles. The van der Waals surface area contributed by atoms with Crippen LogP contribution in [0.15, 0.2) is 18.2 Å². The molecule has 0 radical (unpaired) electrons. The Kier molecular flexibility index (Phi) is 6.41. The van der Waals surface area contributed by atoms with Gasteiger partial charge in [-0.25, -0.2) is 0 Å². The van der Waals surface area contributed by atoms with E-state index >= 15 is 0 Å². The van der Waals surface area contributed by atoms with Gasteiger partial charge in [-0.05, 0) is 37.0 Å². The molecule has 0 aromatic heterocycles. The average Bonchev–Trinajstić information content (AvgIpc) is 2.35. The lowest BCUT2D eigenvalue weighted by atomic mass is 9.92. The largest absolute Gasteiger partial charge is 0.327 e. The highest BCUT2D eigenvalue weighted by Gasteiger charge is 2.26. The van der Waals surface area contributed by atoms with Gasteiger partial charge in [-0.2, -0.15) is 0 Å². The molecule has 0 bridgehead atoms. The van der Waals surface area contributed by atoms with Crippen LogP contribution >= 0.6 is 35.6 Å². The first kappa shape index (κ1) is 17.1. The van der Waals surface area contributed by atoms with Gasteiger partial charge in [0.05, 0.1) is 10.0 Å². The zero-order valence-electron chi connectivity index (χ0n) is 11.3. The lowest BCUT2D eigenvalue weighted by Gasteiger charge is -2.39. The molecule has 19 heavy (non-hydrogen) atoms. The summed E-state index contributed by atoms with van der Waals surface area (Å²) < 4.78 is 0. The summed E-state index contributed by atoms with van der Waals surface area (Å²) in [4.78, 5) is 2.47. The van der Waals surface area contributed by atoms with E-state index in [1.54, 1.807) is 0 Å². The summed E-state index contributed by atoms with van der Waals surface area (Å²) in [5.74, 6) is 0.545. The smallest absolute Gasteiger partial charge is 0.0595 e. The maximum Gasteiger partial charge on any atom is 0.0595 e. The summed E-state index contributed by atoms with van der Waals surface area (Å²) in [6.45, 7) is 6.52. The summed E-state index contributed by atoms with van der Waals surface area (Å²) in [6.07, 6.45) is 1.06. The van der Waals surface area contributed by atoms with Crippen LogP contribution in [-0.2, 0) is 0 Å². The average molecular weight is 324 g/mol. The summed E-state index contributed by atoms with van der Waals surface area (Å²) in [5, 5.41) is 1.24. The maximum atomic E-state index is 6.08. The van der Waals surface area contributed by atoms with Crippen LogP contribution in [0.3, 0.4) is 0 Å². The van der Waals surface area contributed by atoms with Crippen LogP contribution in [0.2, 0.25) is 10.0 Å². The summed E-state index contributed by atoms with van der Waals surface area (Å²) in [6, 6.07) is 6.58. The Morgan fingerprint density at radius 2 is 2.00 bits per heavy atom. The van der Waals surface area contributed by atoms with Crippen molar-refractivity contribution in [3.05, 3.63) is 33.8 Å². The predicted octanol–water partition coefficient (Wildman–Crippen LogP) is 4.15. The molecule has 1 fully saturated rings. The summed E-state index contributed by atoms with van der Waals surface area (Å²) in [5.41, 5.74) is 7.27. The molecule has 1 aromatic carbocycles. The number of rotatable bonds is 2. The van der Waals surface area contributed by atoms with Gasteiger partial charge in [0.1, 0.15) is 0 Å². The van der Waals surface area contributed by atoms with E-state index < -0.39 is 0 Å². The van der Waals surface area contributed by atoms with Gasteiger partial charge in [-0.3, -0.25) is 4.90 Å². The Labute approximate surface area is 131 Å². The van der Waals surface area contributed by atoms with Crippen LogP contribution < -0.4 is 5.73 Å². The number of hydrogen-bond acceptors (Lipinski definition) is 2. The molecule has 2 rings (SSSR count). The first-order chi connectivity index (χ1) is 8.49. The van der Waals surface area contributed by atoms with Crippen LogP contribution in [0.1, 0.15) is 31.9 Å². The van der Waals surface area contributed by atoms with Crippen molar-refractivity contribution >= 4 is 35.6 Å². The van der Waals surface area contributed by atoms with Crippen molar-refractivity contribution in [1.82, 2.24) is 4.90 Å². The molecular formula is C14H21Cl3N2. The Morgan fingerprint density at radius 1 is 1.32 bits per heavy atom. The fraction of sp³-hybridized carbons (Fsp3) is 0.571. The monoisotopic (exact) mass is 322 g/mol. The molecule has 0 aliphatic carbocycles. The number of piperidine rings is 1. The second-order valence-electron chi connectivity index (χ2n) is 5.27. The molecule has 2 N–H and O–H groups in total. The van der Waals surface area contributed by atoms with Crippen molar-refractivity contribution in [2.45, 2.75) is 32.4 Å². The minimum absolute atomic E-state index is 0. The van der Waals surface area contributed by atoms with Crippen LogP contribution in [0.4, 0.5) is 0 Å². The van der Waals surface area contributed by atoms with E-state index in [2.05, 4.69) is 24.8 Å². The lowest BCUT2D eigenvalue weighted by Crippen LogP contribution is -2.46. The molecule has 2 nitrogen and oxygen atoms in total. The quantitative estimate of drug-likeness (QED) is 0.886. The highest BCUT2D eigenvalue weighted by molar-refractivity contribution is 6.42. The number of hydrogen-bond donors (Lipinski definition) is 1. The van der Waals surface area contributed by atoms with E-state index in [1.807, 2.05) is 12.1 Å². The van der Waals surface area contributed by atoms with Gasteiger partial charge in [0.15, 0.2) is 0 Å². The molecule has 1 aliphatic rings. The molecule has 3 unspecified atom stereocenters. The van der Waals surface area contributed by atoms with Crippen molar-refractivity contribution in [2.24, 2.45) is 11.7 Å².